The molecule has 9 heteroatoms. The van der Waals surface area contributed by atoms with Gasteiger partial charge in [-0.15, -0.1) is 0 Å². The number of rotatable bonds is 9. The Morgan fingerprint density at radius 1 is 1.05 bits per heavy atom. The van der Waals surface area contributed by atoms with Gasteiger partial charge in [0.15, 0.2) is 17.7 Å². The maximum absolute atomic E-state index is 12.9. The number of methoxy groups -OCH3 is 1. The van der Waals surface area contributed by atoms with Crippen molar-refractivity contribution in [3.63, 3.8) is 0 Å². The maximum Gasteiger partial charge on any atom is 0.248 e. The lowest BCUT2D eigenvalue weighted by Crippen LogP contribution is -2.72. The van der Waals surface area contributed by atoms with E-state index in [1.54, 1.807) is 31.4 Å². The van der Waals surface area contributed by atoms with E-state index in [0.29, 0.717) is 11.5 Å². The second-order valence-corrected chi connectivity index (χ2v) is 12.6. The molecule has 2 aromatic rings. The van der Waals surface area contributed by atoms with Gasteiger partial charge >= 0.3 is 0 Å². The van der Waals surface area contributed by atoms with Crippen LogP contribution in [-0.2, 0) is 35.4 Å². The summed E-state index contributed by atoms with van der Waals surface area (Å²) in [7, 11) is 1.61. The Morgan fingerprint density at radius 3 is 2.65 bits per heavy atom. The van der Waals surface area contributed by atoms with Crippen LogP contribution < -0.4 is 10.1 Å². The van der Waals surface area contributed by atoms with Crippen molar-refractivity contribution in [2.75, 3.05) is 13.7 Å². The van der Waals surface area contributed by atoms with Crippen LogP contribution in [0.15, 0.2) is 54.6 Å². The fourth-order valence-corrected chi connectivity index (χ4v) is 7.31. The smallest absolute Gasteiger partial charge is 0.248 e. The number of fused-ring (bicyclic) bond motifs is 2. The molecule has 1 saturated carbocycles. The van der Waals surface area contributed by atoms with Crippen LogP contribution in [0.4, 0.5) is 0 Å². The summed E-state index contributed by atoms with van der Waals surface area (Å²) in [5.74, 6) is 0.401. The highest BCUT2D eigenvalue weighted by Gasteiger charge is 2.69. The van der Waals surface area contributed by atoms with Crippen LogP contribution in [-0.4, -0.2) is 49.3 Å². The second-order valence-electron chi connectivity index (χ2n) is 12.6. The highest BCUT2D eigenvalue weighted by molar-refractivity contribution is 6.06. The van der Waals surface area contributed by atoms with Gasteiger partial charge in [-0.3, -0.25) is 9.59 Å². The Hall–Kier alpha value is -3.08. The number of ether oxygens (including phenoxy) is 4. The molecule has 230 valence electrons. The van der Waals surface area contributed by atoms with Gasteiger partial charge < -0.3 is 24.3 Å². The summed E-state index contributed by atoms with van der Waals surface area (Å²) in [6.07, 6.45) is 5.93. The van der Waals surface area contributed by atoms with E-state index in [2.05, 4.69) is 19.2 Å². The molecule has 0 unspecified atom stereocenters. The largest absolute Gasteiger partial charge is 0.497 e. The third kappa shape index (κ3) is 5.89. The summed E-state index contributed by atoms with van der Waals surface area (Å²) < 4.78 is 23.7. The van der Waals surface area contributed by atoms with Crippen molar-refractivity contribution in [1.82, 2.24) is 5.32 Å². The monoisotopic (exact) mass is 591 g/mol. The molecule has 5 aliphatic rings. The van der Waals surface area contributed by atoms with E-state index in [9.17, 15) is 9.59 Å². The zero-order valence-corrected chi connectivity index (χ0v) is 25.2. The van der Waals surface area contributed by atoms with Gasteiger partial charge in [-0.2, -0.15) is 0 Å². The fraction of sp³-hybridized carbons (Fsp3) is 0.529. The molecular weight excluding hydrogens is 550 g/mol. The number of carbonyl (C=O) groups excluding carboxylic acids is 2. The first-order valence-corrected chi connectivity index (χ1v) is 15.2. The van der Waals surface area contributed by atoms with Crippen molar-refractivity contribution in [3.05, 3.63) is 71.3 Å². The molecule has 2 aromatic carbocycles. The second kappa shape index (κ2) is 12.1. The quantitative estimate of drug-likeness (QED) is 0.234. The Bertz CT molecular complexity index is 1360. The molecule has 5 fully saturated rings. The Labute approximate surface area is 252 Å². The topological polar surface area (TPSA) is 102 Å². The first-order valence-electron chi connectivity index (χ1n) is 15.2. The zero-order valence-electron chi connectivity index (χ0n) is 25.2. The lowest BCUT2D eigenvalue weighted by molar-refractivity contribution is -0.571. The van der Waals surface area contributed by atoms with E-state index < -0.39 is 23.9 Å². The molecule has 4 heterocycles. The number of ketones is 1. The minimum absolute atomic E-state index is 0.00732. The molecular formula is C34H41NO8. The van der Waals surface area contributed by atoms with Gasteiger partial charge in [0.1, 0.15) is 18.6 Å². The van der Waals surface area contributed by atoms with E-state index in [1.165, 1.54) is 0 Å². The van der Waals surface area contributed by atoms with Gasteiger partial charge in [-0.25, -0.2) is 9.78 Å². The summed E-state index contributed by atoms with van der Waals surface area (Å²) in [6, 6.07) is 14.7. The van der Waals surface area contributed by atoms with E-state index in [0.717, 1.165) is 42.6 Å². The third-order valence-corrected chi connectivity index (χ3v) is 9.72. The number of carbonyl (C=O) groups is 2. The van der Waals surface area contributed by atoms with E-state index >= 15 is 0 Å². The van der Waals surface area contributed by atoms with Crippen molar-refractivity contribution in [2.45, 2.75) is 77.0 Å². The van der Waals surface area contributed by atoms with Gasteiger partial charge in [0.25, 0.3) is 0 Å². The van der Waals surface area contributed by atoms with Crippen molar-refractivity contribution in [3.8, 4) is 5.75 Å². The number of nitrogens with one attached hydrogen (secondary N) is 1. The molecule has 4 saturated heterocycles. The molecule has 0 radical (unpaired) electrons. The van der Waals surface area contributed by atoms with Gasteiger partial charge in [-0.05, 0) is 67.4 Å². The van der Waals surface area contributed by atoms with Crippen molar-refractivity contribution in [2.24, 2.45) is 23.7 Å². The molecule has 7 rings (SSSR count). The van der Waals surface area contributed by atoms with Crippen LogP contribution in [0.3, 0.4) is 0 Å². The fourth-order valence-electron chi connectivity index (χ4n) is 7.31. The molecule has 1 N–H and O–H groups in total. The summed E-state index contributed by atoms with van der Waals surface area (Å²) in [5.41, 5.74) is 1.65. The number of benzene rings is 2. The van der Waals surface area contributed by atoms with E-state index in [4.69, 9.17) is 28.7 Å². The van der Waals surface area contributed by atoms with Gasteiger partial charge in [0.2, 0.25) is 11.7 Å². The van der Waals surface area contributed by atoms with Crippen LogP contribution in [0.1, 0.15) is 67.9 Å². The molecule has 9 nitrogen and oxygen atoms in total. The molecule has 1 spiro atoms. The summed E-state index contributed by atoms with van der Waals surface area (Å²) in [6.45, 7) is 6.39. The number of allylic oxidation sites excluding steroid dienone is 1. The minimum atomic E-state index is -0.859. The normalized spacial score (nSPS) is 34.8. The Balaban J connectivity index is 1.01. The van der Waals surface area contributed by atoms with Crippen molar-refractivity contribution < 1.29 is 38.3 Å². The summed E-state index contributed by atoms with van der Waals surface area (Å²) in [5, 5.41) is 3.03. The average Bonchev–Trinajstić information content (AvgIpc) is 3.24. The highest BCUT2D eigenvalue weighted by Crippen LogP contribution is 2.60. The van der Waals surface area contributed by atoms with E-state index in [-0.39, 0.29) is 42.7 Å². The standard InChI is InChI=1S/C34H41NO8/c1-21-8-14-28-22(2)31(40-32-34(28)27(21)16-17-33(3,41-32)42-43-34)35-30(37)20-39-19-24-9-12-25(13-10-24)29(36)15-11-23-6-5-7-26(18-23)38-4/h5-7,9-13,15,18,21-22,27-28,31-32H,8,14,16-17,19-20H2,1-4H3,(H,35,37)/b15-11+/t21-,22-,27+,28+,31+,32-,33-,34-/m1/s1. The van der Waals surface area contributed by atoms with Crippen LogP contribution >= 0.6 is 0 Å². The molecule has 8 atom stereocenters. The van der Waals surface area contributed by atoms with Crippen LogP contribution in [0.5, 0.6) is 5.75 Å². The lowest BCUT2D eigenvalue weighted by atomic mass is 9.58. The van der Waals surface area contributed by atoms with Gasteiger partial charge in [0.05, 0.1) is 13.7 Å². The first-order chi connectivity index (χ1) is 20.7. The zero-order chi connectivity index (χ0) is 30.2. The lowest BCUT2D eigenvalue weighted by Gasteiger charge is -2.60. The molecule has 4 aliphatic heterocycles. The van der Waals surface area contributed by atoms with Gasteiger partial charge in [-0.1, -0.05) is 56.3 Å². The maximum atomic E-state index is 12.9. The molecule has 43 heavy (non-hydrogen) atoms. The van der Waals surface area contributed by atoms with E-state index in [1.807, 2.05) is 43.3 Å². The van der Waals surface area contributed by atoms with Crippen LogP contribution in [0.2, 0.25) is 0 Å². The van der Waals surface area contributed by atoms with Gasteiger partial charge in [0, 0.05) is 23.8 Å². The number of amides is 1. The number of hydrogen-bond donors (Lipinski definition) is 1. The third-order valence-electron chi connectivity index (χ3n) is 9.72. The molecule has 1 amide bonds. The van der Waals surface area contributed by atoms with Crippen molar-refractivity contribution in [1.29, 1.82) is 0 Å². The average molecular weight is 592 g/mol. The van der Waals surface area contributed by atoms with Crippen molar-refractivity contribution >= 4 is 17.8 Å². The minimum Gasteiger partial charge on any atom is -0.497 e. The predicted octanol–water partition coefficient (Wildman–Crippen LogP) is 5.43. The summed E-state index contributed by atoms with van der Waals surface area (Å²) in [4.78, 5) is 37.6. The molecule has 2 bridgehead atoms. The SMILES string of the molecule is COc1cccc(/C=C/C(=O)c2ccc(COCC(=O)N[C@H]3O[C@@H]4O[C@@]5(C)CC[C@H]6[C@H](C)CC[C@@H]([C@H]3C)[C@@]46OO5)cc2)c1. The van der Waals surface area contributed by atoms with Crippen LogP contribution in [0, 0.1) is 23.7 Å². The Morgan fingerprint density at radius 2 is 1.86 bits per heavy atom. The molecule has 0 aromatic heterocycles. The highest BCUT2D eigenvalue weighted by atomic mass is 17.3. The Kier molecular flexibility index (Phi) is 8.45. The van der Waals surface area contributed by atoms with Crippen LogP contribution in [0.25, 0.3) is 6.08 Å². The number of hydrogen-bond acceptors (Lipinski definition) is 8. The first kappa shape index (κ1) is 30.0. The molecule has 1 aliphatic carbocycles. The predicted molar refractivity (Wildman–Crippen MR) is 157 cm³/mol. The summed E-state index contributed by atoms with van der Waals surface area (Å²) >= 11 is 0.